The molecule has 0 aliphatic carbocycles. The van der Waals surface area contributed by atoms with E-state index in [9.17, 15) is 0 Å². The van der Waals surface area contributed by atoms with Gasteiger partial charge in [-0.25, -0.2) is 0 Å². The van der Waals surface area contributed by atoms with Crippen molar-refractivity contribution in [2.75, 3.05) is 46.8 Å². The molecule has 0 spiro atoms. The van der Waals surface area contributed by atoms with Crippen molar-refractivity contribution in [3.63, 3.8) is 0 Å². The van der Waals surface area contributed by atoms with Gasteiger partial charge in [-0.1, -0.05) is 48.5 Å². The fourth-order valence-corrected chi connectivity index (χ4v) is 5.61. The predicted molar refractivity (Wildman–Crippen MR) is 128 cm³/mol. The zero-order chi connectivity index (χ0) is 21.5. The summed E-state index contributed by atoms with van der Waals surface area (Å²) in [5.74, 6) is 0.869. The van der Waals surface area contributed by atoms with Crippen LogP contribution < -0.4 is 4.74 Å². The van der Waals surface area contributed by atoms with Crippen molar-refractivity contribution in [1.82, 2.24) is 14.7 Å². The first kappa shape index (κ1) is 19.6. The minimum Gasteiger partial charge on any atom is -0.497 e. The lowest BCUT2D eigenvalue weighted by atomic mass is 9.74. The van der Waals surface area contributed by atoms with Crippen LogP contribution in [0.4, 0.5) is 0 Å². The smallest absolute Gasteiger partial charge is 0.119 e. The maximum absolute atomic E-state index is 5.33. The third-order valence-corrected chi connectivity index (χ3v) is 6.76. The fraction of sp³-hybridized carbons (Fsp3) is 0.308. The van der Waals surface area contributed by atoms with E-state index >= 15 is 0 Å². The summed E-state index contributed by atoms with van der Waals surface area (Å²) in [6, 6.07) is 23.0. The van der Waals surface area contributed by atoms with Crippen molar-refractivity contribution in [3.05, 3.63) is 77.9 Å². The van der Waals surface area contributed by atoms with Crippen LogP contribution in [0.1, 0.15) is 11.1 Å². The van der Waals surface area contributed by atoms with Gasteiger partial charge in [-0.2, -0.15) is 10.2 Å². The highest BCUT2D eigenvalue weighted by atomic mass is 16.5. The first-order chi connectivity index (χ1) is 15.7. The summed E-state index contributed by atoms with van der Waals surface area (Å²) in [5.41, 5.74) is 3.30. The molecule has 4 aliphatic rings. The highest BCUT2D eigenvalue weighted by molar-refractivity contribution is 6.06. The van der Waals surface area contributed by atoms with Crippen LogP contribution >= 0.6 is 0 Å². The molecule has 7 rings (SSSR count). The molecule has 4 bridgehead atoms. The zero-order valence-corrected chi connectivity index (χ0v) is 18.3. The maximum atomic E-state index is 5.33. The van der Waals surface area contributed by atoms with E-state index in [-0.39, 0.29) is 5.41 Å². The van der Waals surface area contributed by atoms with Gasteiger partial charge < -0.3 is 4.74 Å². The van der Waals surface area contributed by atoms with Crippen LogP contribution in [0.15, 0.2) is 76.9 Å². The van der Waals surface area contributed by atoms with Crippen LogP contribution in [0.3, 0.4) is 0 Å². The number of benzene rings is 3. The van der Waals surface area contributed by atoms with Gasteiger partial charge in [0.1, 0.15) is 5.75 Å². The largest absolute Gasteiger partial charge is 0.497 e. The minimum absolute atomic E-state index is 0.00657. The van der Waals surface area contributed by atoms with Gasteiger partial charge in [0.2, 0.25) is 0 Å². The topological polar surface area (TPSA) is 43.7 Å². The Kier molecular flexibility index (Phi) is 4.79. The van der Waals surface area contributed by atoms with Crippen molar-refractivity contribution >= 4 is 22.7 Å². The van der Waals surface area contributed by atoms with Gasteiger partial charge in [-0.3, -0.25) is 14.7 Å². The molecule has 0 atom stereocenters. The number of fused-ring (bicyclic) bond motifs is 1. The standard InChI is InChI=1S/C26H27N5O/c1-32-24-10-9-22-11-20(7-8-23(22)12-24)13-27-28-25(21-5-3-2-4-6-21)26-14-29-17-30(15-26)19-31(16-26)18-29/h2-13H,14-19H2,1H3/b27-13-,28-25+. The molecule has 3 aromatic carbocycles. The predicted octanol–water partition coefficient (Wildman–Crippen LogP) is 3.48. The van der Waals surface area contributed by atoms with E-state index in [2.05, 4.69) is 80.5 Å². The lowest BCUT2D eigenvalue weighted by molar-refractivity contribution is -0.149. The molecule has 0 amide bonds. The molecule has 32 heavy (non-hydrogen) atoms. The second-order valence-corrected chi connectivity index (χ2v) is 9.22. The summed E-state index contributed by atoms with van der Waals surface area (Å²) < 4.78 is 5.33. The van der Waals surface area contributed by atoms with Crippen molar-refractivity contribution in [1.29, 1.82) is 0 Å². The van der Waals surface area contributed by atoms with Gasteiger partial charge in [-0.15, -0.1) is 0 Å². The lowest BCUT2D eigenvalue weighted by Gasteiger charge is -2.60. The van der Waals surface area contributed by atoms with Crippen LogP contribution in [0.25, 0.3) is 10.8 Å². The van der Waals surface area contributed by atoms with Gasteiger partial charge in [0.15, 0.2) is 0 Å². The van der Waals surface area contributed by atoms with Crippen LogP contribution in [0, 0.1) is 5.41 Å². The van der Waals surface area contributed by atoms with Gasteiger partial charge in [0.05, 0.1) is 44.5 Å². The van der Waals surface area contributed by atoms with E-state index in [0.29, 0.717) is 0 Å². The molecular formula is C26H27N5O. The van der Waals surface area contributed by atoms with E-state index in [0.717, 1.165) is 67.4 Å². The molecule has 3 aromatic rings. The van der Waals surface area contributed by atoms with E-state index in [4.69, 9.17) is 9.84 Å². The summed E-state index contributed by atoms with van der Waals surface area (Å²) >= 11 is 0. The SMILES string of the molecule is COc1ccc2cc(/C=N\N=C(/c3ccccc3)C34CN5CN(CN(C5)C3)C4)ccc2c1. The molecule has 0 radical (unpaired) electrons. The Morgan fingerprint density at radius 2 is 1.50 bits per heavy atom. The molecule has 6 nitrogen and oxygen atoms in total. The first-order valence-corrected chi connectivity index (χ1v) is 11.1. The molecule has 4 fully saturated rings. The number of hydrogen-bond acceptors (Lipinski definition) is 6. The second-order valence-electron chi connectivity index (χ2n) is 9.22. The molecule has 4 saturated heterocycles. The third-order valence-electron chi connectivity index (χ3n) is 6.76. The third kappa shape index (κ3) is 3.50. The van der Waals surface area contributed by atoms with Gasteiger partial charge in [-0.05, 0) is 40.1 Å². The van der Waals surface area contributed by atoms with Crippen LogP contribution in [0.5, 0.6) is 5.75 Å². The fourth-order valence-electron chi connectivity index (χ4n) is 5.61. The molecule has 0 aromatic heterocycles. The summed E-state index contributed by atoms with van der Waals surface area (Å²) in [7, 11) is 1.69. The van der Waals surface area contributed by atoms with Gasteiger partial charge in [0, 0.05) is 19.6 Å². The van der Waals surface area contributed by atoms with E-state index in [1.165, 1.54) is 5.56 Å². The molecule has 162 valence electrons. The molecule has 0 saturated carbocycles. The first-order valence-electron chi connectivity index (χ1n) is 11.1. The van der Waals surface area contributed by atoms with Crippen molar-refractivity contribution in [2.45, 2.75) is 0 Å². The average Bonchev–Trinajstić information content (AvgIpc) is 2.81. The monoisotopic (exact) mass is 425 g/mol. The summed E-state index contributed by atoms with van der Waals surface area (Å²) in [4.78, 5) is 7.57. The van der Waals surface area contributed by atoms with Gasteiger partial charge >= 0.3 is 0 Å². The Hall–Kier alpha value is -3.06. The van der Waals surface area contributed by atoms with Crippen molar-refractivity contribution in [3.8, 4) is 5.75 Å². The molecule has 6 heteroatoms. The lowest BCUT2D eigenvalue weighted by Crippen LogP contribution is -2.74. The van der Waals surface area contributed by atoms with Crippen molar-refractivity contribution in [2.24, 2.45) is 15.6 Å². The van der Waals surface area contributed by atoms with Gasteiger partial charge in [0.25, 0.3) is 0 Å². The Bertz CT molecular complexity index is 1170. The summed E-state index contributed by atoms with van der Waals surface area (Å²) in [5, 5.41) is 11.8. The number of nitrogens with zero attached hydrogens (tertiary/aromatic N) is 5. The zero-order valence-electron chi connectivity index (χ0n) is 18.3. The summed E-state index contributed by atoms with van der Waals surface area (Å²) in [6.45, 7) is 6.31. The van der Waals surface area contributed by atoms with Crippen LogP contribution in [0.2, 0.25) is 0 Å². The Morgan fingerprint density at radius 1 is 0.844 bits per heavy atom. The van der Waals surface area contributed by atoms with Crippen LogP contribution in [-0.4, -0.2) is 73.4 Å². The molecule has 4 aliphatic heterocycles. The molecular weight excluding hydrogens is 398 g/mol. The minimum atomic E-state index is -0.00657. The van der Waals surface area contributed by atoms with Crippen LogP contribution in [-0.2, 0) is 0 Å². The molecule has 0 N–H and O–H groups in total. The molecule has 0 unspecified atom stereocenters. The Balaban J connectivity index is 1.34. The quantitative estimate of drug-likeness (QED) is 0.464. The van der Waals surface area contributed by atoms with E-state index in [1.807, 2.05) is 12.3 Å². The van der Waals surface area contributed by atoms with Crippen molar-refractivity contribution < 1.29 is 4.74 Å². The number of methoxy groups -OCH3 is 1. The van der Waals surface area contributed by atoms with E-state index < -0.39 is 0 Å². The number of ether oxygens (including phenoxy) is 1. The average molecular weight is 426 g/mol. The highest BCUT2D eigenvalue weighted by Crippen LogP contribution is 2.38. The normalized spacial score (nSPS) is 29.2. The maximum Gasteiger partial charge on any atom is 0.119 e. The summed E-state index contributed by atoms with van der Waals surface area (Å²) in [6.07, 6.45) is 1.87. The second kappa shape index (κ2) is 7.81. The Labute approximate surface area is 188 Å². The number of hydrogen-bond donors (Lipinski definition) is 0. The Morgan fingerprint density at radius 3 is 2.19 bits per heavy atom. The number of rotatable bonds is 5. The molecule has 4 heterocycles. The van der Waals surface area contributed by atoms with E-state index in [1.54, 1.807) is 7.11 Å². The highest BCUT2D eigenvalue weighted by Gasteiger charge is 2.51.